The fourth-order valence-corrected chi connectivity index (χ4v) is 5.09. The Kier molecular flexibility index (Phi) is 6.17. The van der Waals surface area contributed by atoms with Gasteiger partial charge in [0.05, 0.1) is 6.04 Å². The van der Waals surface area contributed by atoms with Crippen LogP contribution in [0.4, 0.5) is 4.39 Å². The number of nitrogens with one attached hydrogen (secondary N) is 2. The molecule has 0 bridgehead atoms. The molecule has 0 saturated carbocycles. The van der Waals surface area contributed by atoms with Gasteiger partial charge in [0.2, 0.25) is 5.91 Å². The van der Waals surface area contributed by atoms with E-state index in [-0.39, 0.29) is 17.8 Å². The highest BCUT2D eigenvalue weighted by Crippen LogP contribution is 2.34. The SMILES string of the molecule is Cc1c(CN2CCC([C@@H](NC(=O)C(C)(C)C)c3nccs3)CC2)[nH]c2ccc(F)cc12. The largest absolute Gasteiger partial charge is 0.357 e. The van der Waals surface area contributed by atoms with Gasteiger partial charge in [-0.15, -0.1) is 11.3 Å². The van der Waals surface area contributed by atoms with Crippen molar-refractivity contribution in [3.63, 3.8) is 0 Å². The third kappa shape index (κ3) is 4.83. The minimum Gasteiger partial charge on any atom is -0.357 e. The topological polar surface area (TPSA) is 61.0 Å². The van der Waals surface area contributed by atoms with Crippen LogP contribution in [-0.4, -0.2) is 33.9 Å². The molecular formula is C24H31FN4OS. The molecule has 1 atom stereocenters. The Balaban J connectivity index is 1.43. The number of likely N-dealkylation sites (tertiary alicyclic amines) is 1. The Morgan fingerprint density at radius 1 is 1.35 bits per heavy atom. The lowest BCUT2D eigenvalue weighted by atomic mass is 9.87. The molecule has 4 rings (SSSR count). The molecule has 1 amide bonds. The number of piperidine rings is 1. The van der Waals surface area contributed by atoms with Crippen molar-refractivity contribution in [2.75, 3.05) is 13.1 Å². The zero-order chi connectivity index (χ0) is 22.2. The van der Waals surface area contributed by atoms with Crippen LogP contribution < -0.4 is 5.32 Å². The molecular weight excluding hydrogens is 411 g/mol. The van der Waals surface area contributed by atoms with Gasteiger partial charge in [-0.05, 0) is 62.5 Å². The van der Waals surface area contributed by atoms with Gasteiger partial charge in [0, 0.05) is 40.1 Å². The van der Waals surface area contributed by atoms with Crippen molar-refractivity contribution in [2.45, 2.75) is 53.1 Å². The van der Waals surface area contributed by atoms with Gasteiger partial charge >= 0.3 is 0 Å². The molecule has 0 aliphatic carbocycles. The first-order chi connectivity index (χ1) is 14.7. The van der Waals surface area contributed by atoms with E-state index in [4.69, 9.17) is 0 Å². The number of aryl methyl sites for hydroxylation is 1. The van der Waals surface area contributed by atoms with Gasteiger partial charge in [-0.25, -0.2) is 9.37 Å². The number of aromatic amines is 1. The molecule has 5 nitrogen and oxygen atoms in total. The summed E-state index contributed by atoms with van der Waals surface area (Å²) in [7, 11) is 0. The van der Waals surface area contributed by atoms with E-state index in [0.29, 0.717) is 5.92 Å². The molecule has 0 spiro atoms. The number of carbonyl (C=O) groups is 1. The number of nitrogens with zero attached hydrogens (tertiary/aromatic N) is 2. The predicted molar refractivity (Wildman–Crippen MR) is 123 cm³/mol. The average Bonchev–Trinajstić information content (AvgIpc) is 3.35. The quantitative estimate of drug-likeness (QED) is 0.572. The van der Waals surface area contributed by atoms with Crippen LogP contribution in [0.15, 0.2) is 29.8 Å². The number of H-pyrrole nitrogens is 1. The number of hydrogen-bond donors (Lipinski definition) is 2. The smallest absolute Gasteiger partial charge is 0.225 e. The van der Waals surface area contributed by atoms with Gasteiger partial charge in [-0.3, -0.25) is 9.69 Å². The Hall–Kier alpha value is -2.25. The van der Waals surface area contributed by atoms with E-state index in [0.717, 1.165) is 59.6 Å². The molecule has 1 saturated heterocycles. The number of thiazole rings is 1. The van der Waals surface area contributed by atoms with Crippen LogP contribution in [0.25, 0.3) is 10.9 Å². The van der Waals surface area contributed by atoms with Crippen LogP contribution >= 0.6 is 11.3 Å². The van der Waals surface area contributed by atoms with Crippen LogP contribution in [0.2, 0.25) is 0 Å². The number of fused-ring (bicyclic) bond motifs is 1. The average molecular weight is 443 g/mol. The number of amides is 1. The second kappa shape index (κ2) is 8.71. The van der Waals surface area contributed by atoms with Crippen LogP contribution in [0, 0.1) is 24.1 Å². The van der Waals surface area contributed by atoms with Gasteiger partial charge in [-0.1, -0.05) is 20.8 Å². The molecule has 0 unspecified atom stereocenters. The van der Waals surface area contributed by atoms with E-state index < -0.39 is 5.41 Å². The zero-order valence-electron chi connectivity index (χ0n) is 18.7. The molecule has 3 heterocycles. The lowest BCUT2D eigenvalue weighted by Gasteiger charge is -2.36. The Bertz CT molecular complexity index is 1050. The van der Waals surface area contributed by atoms with Crippen LogP contribution in [0.5, 0.6) is 0 Å². The van der Waals surface area contributed by atoms with E-state index in [9.17, 15) is 9.18 Å². The van der Waals surface area contributed by atoms with Gasteiger partial charge in [0.15, 0.2) is 0 Å². The molecule has 2 aromatic heterocycles. The summed E-state index contributed by atoms with van der Waals surface area (Å²) in [5.41, 5.74) is 2.83. The van der Waals surface area contributed by atoms with E-state index in [1.165, 1.54) is 6.07 Å². The van der Waals surface area contributed by atoms with Gasteiger partial charge in [0.1, 0.15) is 10.8 Å². The summed E-state index contributed by atoms with van der Waals surface area (Å²) in [4.78, 5) is 23.1. The van der Waals surface area contributed by atoms with E-state index in [2.05, 4.69) is 27.1 Å². The molecule has 1 aliphatic heterocycles. The maximum atomic E-state index is 13.6. The first kappa shape index (κ1) is 22.0. The third-order valence-electron chi connectivity index (χ3n) is 6.29. The van der Waals surface area contributed by atoms with Crippen molar-refractivity contribution in [2.24, 2.45) is 11.3 Å². The number of aromatic nitrogens is 2. The lowest BCUT2D eigenvalue weighted by Crippen LogP contribution is -2.43. The Morgan fingerprint density at radius 2 is 2.10 bits per heavy atom. The molecule has 7 heteroatoms. The number of halogens is 1. The fraction of sp³-hybridized carbons (Fsp3) is 0.500. The number of benzene rings is 1. The lowest BCUT2D eigenvalue weighted by molar-refractivity contribution is -0.129. The summed E-state index contributed by atoms with van der Waals surface area (Å²) in [6.45, 7) is 10.6. The van der Waals surface area contributed by atoms with Crippen LogP contribution in [0.3, 0.4) is 0 Å². The van der Waals surface area contributed by atoms with Crippen molar-refractivity contribution in [3.8, 4) is 0 Å². The summed E-state index contributed by atoms with van der Waals surface area (Å²) >= 11 is 1.61. The summed E-state index contributed by atoms with van der Waals surface area (Å²) in [6, 6.07) is 4.88. The molecule has 2 N–H and O–H groups in total. The fourth-order valence-electron chi connectivity index (χ4n) is 4.31. The van der Waals surface area contributed by atoms with Crippen molar-refractivity contribution >= 4 is 28.1 Å². The van der Waals surface area contributed by atoms with Gasteiger partial charge in [-0.2, -0.15) is 0 Å². The van der Waals surface area contributed by atoms with Crippen molar-refractivity contribution in [1.29, 1.82) is 0 Å². The molecule has 1 aromatic carbocycles. The Morgan fingerprint density at radius 3 is 2.74 bits per heavy atom. The summed E-state index contributed by atoms with van der Waals surface area (Å²) in [5.74, 6) is 0.232. The second-order valence-corrected chi connectivity index (χ2v) is 10.5. The van der Waals surface area contributed by atoms with Gasteiger partial charge in [0.25, 0.3) is 0 Å². The molecule has 1 aliphatic rings. The van der Waals surface area contributed by atoms with Crippen molar-refractivity contribution in [3.05, 3.63) is 51.9 Å². The molecule has 31 heavy (non-hydrogen) atoms. The van der Waals surface area contributed by atoms with E-state index >= 15 is 0 Å². The zero-order valence-corrected chi connectivity index (χ0v) is 19.5. The summed E-state index contributed by atoms with van der Waals surface area (Å²) in [5, 5.41) is 7.20. The summed E-state index contributed by atoms with van der Waals surface area (Å²) < 4.78 is 13.6. The molecule has 0 radical (unpaired) electrons. The number of rotatable bonds is 5. The van der Waals surface area contributed by atoms with E-state index in [1.54, 1.807) is 17.4 Å². The minimum absolute atomic E-state index is 0.0355. The van der Waals surface area contributed by atoms with Crippen LogP contribution in [0.1, 0.15) is 55.9 Å². The monoisotopic (exact) mass is 442 g/mol. The highest BCUT2D eigenvalue weighted by Gasteiger charge is 2.33. The number of carbonyl (C=O) groups excluding carboxylic acids is 1. The molecule has 3 aromatic rings. The highest BCUT2D eigenvalue weighted by atomic mass is 32.1. The molecule has 1 fully saturated rings. The number of hydrogen-bond acceptors (Lipinski definition) is 4. The van der Waals surface area contributed by atoms with Crippen molar-refractivity contribution < 1.29 is 9.18 Å². The maximum Gasteiger partial charge on any atom is 0.225 e. The highest BCUT2D eigenvalue weighted by molar-refractivity contribution is 7.09. The predicted octanol–water partition coefficient (Wildman–Crippen LogP) is 5.19. The Labute approximate surface area is 187 Å². The van der Waals surface area contributed by atoms with Crippen LogP contribution in [-0.2, 0) is 11.3 Å². The standard InChI is InChI=1S/C24H31FN4OS/c1-15-18-13-17(25)5-6-19(18)27-20(15)14-29-10-7-16(8-11-29)21(22-26-9-12-31-22)28-23(30)24(2,3)4/h5-6,9,12-13,16,21,27H,7-8,10-11,14H2,1-4H3,(H,28,30)/t21-/m1/s1. The molecule has 166 valence electrons. The first-order valence-electron chi connectivity index (χ1n) is 10.9. The second-order valence-electron chi connectivity index (χ2n) is 9.60. The van der Waals surface area contributed by atoms with Crippen molar-refractivity contribution in [1.82, 2.24) is 20.2 Å². The van der Waals surface area contributed by atoms with Gasteiger partial charge < -0.3 is 10.3 Å². The third-order valence-corrected chi connectivity index (χ3v) is 7.15. The van der Waals surface area contributed by atoms with E-state index in [1.807, 2.05) is 38.4 Å². The first-order valence-corrected chi connectivity index (χ1v) is 11.8. The maximum absolute atomic E-state index is 13.6. The summed E-state index contributed by atoms with van der Waals surface area (Å²) in [6.07, 6.45) is 3.82. The normalized spacial score (nSPS) is 17.2. The minimum atomic E-state index is -0.428.